The van der Waals surface area contributed by atoms with E-state index in [4.69, 9.17) is 0 Å². The summed E-state index contributed by atoms with van der Waals surface area (Å²) in [5.74, 6) is 0.821. The zero-order chi connectivity index (χ0) is 17.9. The Labute approximate surface area is 154 Å². The molecule has 2 aromatic carbocycles. The summed E-state index contributed by atoms with van der Waals surface area (Å²) in [6.45, 7) is 0.547. The minimum Gasteiger partial charge on any atom is -0.323 e. The van der Waals surface area contributed by atoms with E-state index in [2.05, 4.69) is 15.3 Å². The monoisotopic (exact) mass is 363 g/mol. The highest BCUT2D eigenvalue weighted by atomic mass is 32.1. The first kappa shape index (κ1) is 16.3. The van der Waals surface area contributed by atoms with Gasteiger partial charge in [0.2, 0.25) is 0 Å². The maximum Gasteiger partial charge on any atom is 0.321 e. The average Bonchev–Trinajstić information content (AvgIpc) is 3.31. The molecule has 2 amide bonds. The average molecular weight is 363 g/mol. The Balaban J connectivity index is 1.53. The molecule has 0 spiro atoms. The number of imidazole rings is 1. The van der Waals surface area contributed by atoms with Crippen molar-refractivity contribution in [3.8, 4) is 5.82 Å². The van der Waals surface area contributed by atoms with E-state index >= 15 is 0 Å². The van der Waals surface area contributed by atoms with Gasteiger partial charge in [-0.1, -0.05) is 30.3 Å². The van der Waals surface area contributed by atoms with Gasteiger partial charge in [0.25, 0.3) is 0 Å². The number of nitrogens with one attached hydrogen (secondary N) is 1. The number of rotatable bonds is 4. The van der Waals surface area contributed by atoms with E-state index < -0.39 is 0 Å². The van der Waals surface area contributed by atoms with Crippen LogP contribution in [-0.4, -0.2) is 32.5 Å². The number of carbonyl (C=O) groups excluding carboxylic acids is 1. The van der Waals surface area contributed by atoms with Gasteiger partial charge in [-0.25, -0.2) is 14.8 Å². The van der Waals surface area contributed by atoms with E-state index in [-0.39, 0.29) is 6.03 Å². The Kier molecular flexibility index (Phi) is 4.37. The lowest BCUT2D eigenvalue weighted by molar-refractivity contribution is 0.220. The molecule has 0 aliphatic carbocycles. The van der Waals surface area contributed by atoms with Crippen LogP contribution in [0.4, 0.5) is 10.5 Å². The number of thiazole rings is 1. The molecule has 0 fully saturated rings. The third-order valence-electron chi connectivity index (χ3n) is 4.07. The van der Waals surface area contributed by atoms with Gasteiger partial charge in [0.05, 0.1) is 16.5 Å². The molecule has 2 heterocycles. The van der Waals surface area contributed by atoms with E-state index in [1.165, 1.54) is 11.3 Å². The van der Waals surface area contributed by atoms with Crippen LogP contribution in [0, 0.1) is 0 Å². The largest absolute Gasteiger partial charge is 0.323 e. The number of nitrogens with zero attached hydrogens (tertiary/aromatic N) is 4. The van der Waals surface area contributed by atoms with Crippen LogP contribution in [-0.2, 0) is 6.54 Å². The lowest BCUT2D eigenvalue weighted by Crippen LogP contribution is -2.30. The molecular formula is C19H17N5OS. The van der Waals surface area contributed by atoms with Gasteiger partial charge in [0.1, 0.15) is 12.1 Å². The summed E-state index contributed by atoms with van der Waals surface area (Å²) < 4.78 is 1.91. The summed E-state index contributed by atoms with van der Waals surface area (Å²) in [4.78, 5) is 22.8. The van der Waals surface area contributed by atoms with Gasteiger partial charge in [0.15, 0.2) is 0 Å². The van der Waals surface area contributed by atoms with Crippen molar-refractivity contribution in [3.05, 3.63) is 71.3 Å². The molecule has 0 radical (unpaired) electrons. The number of amides is 2. The number of aromatic nitrogens is 3. The molecule has 2 aromatic heterocycles. The maximum atomic E-state index is 12.5. The van der Waals surface area contributed by atoms with Crippen LogP contribution in [0.3, 0.4) is 0 Å². The molecule has 0 bridgehead atoms. The van der Waals surface area contributed by atoms with Gasteiger partial charge in [0, 0.05) is 24.7 Å². The lowest BCUT2D eigenvalue weighted by Gasteiger charge is -2.18. The standard InChI is InChI=1S/C19H17N5OS/c1-23(10-14-5-3-2-4-6-14)19(25)22-15-7-8-16-17(9-15)24(12-20-16)18-11-26-13-21-18/h2-9,11-13H,10H2,1H3,(H,22,25). The highest BCUT2D eigenvalue weighted by Gasteiger charge is 2.12. The number of fused-ring (bicyclic) bond motifs is 1. The molecule has 0 atom stereocenters. The van der Waals surface area contributed by atoms with Crippen molar-refractivity contribution in [3.63, 3.8) is 0 Å². The van der Waals surface area contributed by atoms with Crippen LogP contribution in [0.15, 0.2) is 65.7 Å². The quantitative estimate of drug-likeness (QED) is 0.592. The molecule has 0 saturated carbocycles. The lowest BCUT2D eigenvalue weighted by atomic mass is 10.2. The van der Waals surface area contributed by atoms with Crippen molar-refractivity contribution in [2.24, 2.45) is 0 Å². The summed E-state index contributed by atoms with van der Waals surface area (Å²) in [6.07, 6.45) is 1.74. The Morgan fingerprint density at radius 1 is 1.19 bits per heavy atom. The van der Waals surface area contributed by atoms with Gasteiger partial charge >= 0.3 is 6.03 Å². The molecule has 26 heavy (non-hydrogen) atoms. The third-order valence-corrected chi connectivity index (χ3v) is 4.65. The highest BCUT2D eigenvalue weighted by Crippen LogP contribution is 2.22. The molecule has 130 valence electrons. The summed E-state index contributed by atoms with van der Waals surface area (Å²) in [5.41, 5.74) is 5.35. The zero-order valence-corrected chi connectivity index (χ0v) is 15.0. The molecule has 1 N–H and O–H groups in total. The fourth-order valence-electron chi connectivity index (χ4n) is 2.74. The number of benzene rings is 2. The van der Waals surface area contributed by atoms with Crippen molar-refractivity contribution in [1.82, 2.24) is 19.4 Å². The topological polar surface area (TPSA) is 63.1 Å². The first-order valence-corrected chi connectivity index (χ1v) is 9.07. The second-order valence-electron chi connectivity index (χ2n) is 5.94. The van der Waals surface area contributed by atoms with E-state index in [0.717, 1.165) is 28.1 Å². The number of anilines is 1. The fraction of sp³-hybridized carbons (Fsp3) is 0.105. The third kappa shape index (κ3) is 3.29. The second-order valence-corrected chi connectivity index (χ2v) is 6.66. The van der Waals surface area contributed by atoms with Crippen LogP contribution < -0.4 is 5.32 Å². The summed E-state index contributed by atoms with van der Waals surface area (Å²) >= 11 is 1.53. The van der Waals surface area contributed by atoms with E-state index in [0.29, 0.717) is 6.54 Å². The first-order valence-electron chi connectivity index (χ1n) is 8.12. The van der Waals surface area contributed by atoms with Crippen molar-refractivity contribution in [2.75, 3.05) is 12.4 Å². The predicted octanol–water partition coefficient (Wildman–Crippen LogP) is 4.15. The summed E-state index contributed by atoms with van der Waals surface area (Å²) in [7, 11) is 1.78. The first-order chi connectivity index (χ1) is 12.7. The normalized spacial score (nSPS) is 10.8. The Hall–Kier alpha value is -3.19. The molecule has 0 aliphatic rings. The molecule has 7 heteroatoms. The highest BCUT2D eigenvalue weighted by molar-refractivity contribution is 7.07. The Morgan fingerprint density at radius 2 is 2.04 bits per heavy atom. The van der Waals surface area contributed by atoms with Crippen molar-refractivity contribution >= 4 is 34.1 Å². The Morgan fingerprint density at radius 3 is 2.81 bits per heavy atom. The van der Waals surface area contributed by atoms with Crippen molar-refractivity contribution in [2.45, 2.75) is 6.54 Å². The number of hydrogen-bond donors (Lipinski definition) is 1. The van der Waals surface area contributed by atoms with Gasteiger partial charge in [-0.05, 0) is 23.8 Å². The molecule has 0 aliphatic heterocycles. The molecule has 4 rings (SSSR count). The number of hydrogen-bond acceptors (Lipinski definition) is 4. The van der Waals surface area contributed by atoms with Crippen LogP contribution in [0.1, 0.15) is 5.56 Å². The van der Waals surface area contributed by atoms with Gasteiger partial charge < -0.3 is 10.2 Å². The van der Waals surface area contributed by atoms with E-state index in [1.807, 2.05) is 58.5 Å². The van der Waals surface area contributed by atoms with E-state index in [1.54, 1.807) is 23.8 Å². The van der Waals surface area contributed by atoms with Gasteiger partial charge in [-0.2, -0.15) is 0 Å². The SMILES string of the molecule is CN(Cc1ccccc1)C(=O)Nc1ccc2ncn(-c3cscn3)c2c1. The molecular weight excluding hydrogens is 346 g/mol. The molecule has 6 nitrogen and oxygen atoms in total. The van der Waals surface area contributed by atoms with Crippen LogP contribution in [0.2, 0.25) is 0 Å². The van der Waals surface area contributed by atoms with Gasteiger partial charge in [-0.3, -0.25) is 4.57 Å². The number of urea groups is 1. The van der Waals surface area contributed by atoms with E-state index in [9.17, 15) is 4.79 Å². The fourth-order valence-corrected chi connectivity index (χ4v) is 3.27. The van der Waals surface area contributed by atoms with Crippen LogP contribution >= 0.6 is 11.3 Å². The second kappa shape index (κ2) is 6.97. The van der Waals surface area contributed by atoms with Crippen LogP contribution in [0.25, 0.3) is 16.9 Å². The minimum absolute atomic E-state index is 0.159. The van der Waals surface area contributed by atoms with Gasteiger partial charge in [-0.15, -0.1) is 11.3 Å². The van der Waals surface area contributed by atoms with Crippen LogP contribution in [0.5, 0.6) is 0 Å². The predicted molar refractivity (Wildman–Crippen MR) is 104 cm³/mol. The Bertz CT molecular complexity index is 1030. The zero-order valence-electron chi connectivity index (χ0n) is 14.2. The molecule has 4 aromatic rings. The van der Waals surface area contributed by atoms with Crippen molar-refractivity contribution in [1.29, 1.82) is 0 Å². The molecule has 0 unspecified atom stereocenters. The smallest absolute Gasteiger partial charge is 0.321 e. The maximum absolute atomic E-state index is 12.5. The minimum atomic E-state index is -0.159. The molecule has 0 saturated heterocycles. The number of carbonyl (C=O) groups is 1. The summed E-state index contributed by atoms with van der Waals surface area (Å²) in [6, 6.07) is 15.4. The summed E-state index contributed by atoms with van der Waals surface area (Å²) in [5, 5.41) is 4.90. The van der Waals surface area contributed by atoms with Crippen molar-refractivity contribution < 1.29 is 4.79 Å².